The Morgan fingerprint density at radius 3 is 2.58 bits per heavy atom. The lowest BCUT2D eigenvalue weighted by Gasteiger charge is -2.38. The summed E-state index contributed by atoms with van der Waals surface area (Å²) < 4.78 is 0.519. The van der Waals surface area contributed by atoms with Gasteiger partial charge in [-0.25, -0.2) is 4.59 Å². The van der Waals surface area contributed by atoms with E-state index in [2.05, 4.69) is 13.8 Å². The van der Waals surface area contributed by atoms with Gasteiger partial charge in [0.2, 0.25) is 0 Å². The monoisotopic (exact) mass is 173 g/mol. The molecule has 2 unspecified atom stereocenters. The van der Waals surface area contributed by atoms with Crippen LogP contribution in [0.1, 0.15) is 20.3 Å². The second kappa shape index (κ2) is 3.03. The number of carbonyl (C=O) groups is 1. The Hall–Kier alpha value is -0.610. The summed E-state index contributed by atoms with van der Waals surface area (Å²) in [6.07, 6.45) is 0.806. The fourth-order valence-corrected chi connectivity index (χ4v) is 1.63. The fraction of sp³-hybridized carbons (Fsp3) is 0.875. The third-order valence-corrected chi connectivity index (χ3v) is 2.89. The van der Waals surface area contributed by atoms with E-state index in [-0.39, 0.29) is 0 Å². The van der Waals surface area contributed by atoms with Gasteiger partial charge in [0, 0.05) is 6.42 Å². The van der Waals surface area contributed by atoms with Crippen molar-refractivity contribution in [2.24, 2.45) is 0 Å². The van der Waals surface area contributed by atoms with Gasteiger partial charge in [0.15, 0.2) is 6.23 Å². The molecule has 0 bridgehead atoms. The van der Waals surface area contributed by atoms with E-state index < -0.39 is 6.23 Å². The molecule has 1 fully saturated rings. The molecular formula is C8H17N2O2+. The van der Waals surface area contributed by atoms with Gasteiger partial charge in [-0.3, -0.25) is 4.79 Å². The minimum Gasteiger partial charge on any atom is -0.369 e. The molecule has 4 nitrogen and oxygen atoms in total. The molecule has 1 N–H and O–H groups in total. The van der Waals surface area contributed by atoms with E-state index in [4.69, 9.17) is 0 Å². The molecule has 1 aliphatic rings. The van der Waals surface area contributed by atoms with Gasteiger partial charge < -0.3 is 5.11 Å². The molecule has 70 valence electrons. The molecule has 0 aliphatic carbocycles. The number of carbonyl (C=O) groups excluding carboxylic acids is 1. The fourth-order valence-electron chi connectivity index (χ4n) is 1.63. The van der Waals surface area contributed by atoms with Crippen molar-refractivity contribution in [2.75, 3.05) is 13.6 Å². The Balaban J connectivity index is 2.84. The average molecular weight is 173 g/mol. The number of aliphatic hydroxyl groups is 1. The van der Waals surface area contributed by atoms with Crippen LogP contribution in [0.4, 0.5) is 0 Å². The van der Waals surface area contributed by atoms with Crippen LogP contribution in [0.15, 0.2) is 0 Å². The van der Waals surface area contributed by atoms with Gasteiger partial charge in [-0.2, -0.15) is 5.01 Å². The molecule has 1 rings (SSSR count). The number of hydrogen-bond donors (Lipinski definition) is 1. The summed E-state index contributed by atoms with van der Waals surface area (Å²) in [7, 11) is 1.97. The molecule has 1 aliphatic heterocycles. The molecule has 2 atom stereocenters. The van der Waals surface area contributed by atoms with Crippen molar-refractivity contribution in [3.05, 3.63) is 0 Å². The summed E-state index contributed by atoms with van der Waals surface area (Å²) in [5, 5.41) is 10.9. The highest BCUT2D eigenvalue weighted by molar-refractivity contribution is 5.45. The molecule has 4 heteroatoms. The predicted molar refractivity (Wildman–Crippen MR) is 44.7 cm³/mol. The maximum atomic E-state index is 10.7. The van der Waals surface area contributed by atoms with Crippen molar-refractivity contribution in [2.45, 2.75) is 32.5 Å². The predicted octanol–water partition coefficient (Wildman–Crippen LogP) is -0.0631. The molecule has 1 heterocycles. The summed E-state index contributed by atoms with van der Waals surface area (Å²) in [5.41, 5.74) is 0. The lowest BCUT2D eigenvalue weighted by molar-refractivity contribution is -1.01. The number of hydrogen-bond acceptors (Lipinski definition) is 2. The number of nitrogens with zero attached hydrogens (tertiary/aromatic N) is 2. The quantitative estimate of drug-likeness (QED) is 0.469. The largest absolute Gasteiger partial charge is 0.369 e. The zero-order valence-corrected chi connectivity index (χ0v) is 7.90. The van der Waals surface area contributed by atoms with Crippen LogP contribution >= 0.6 is 0 Å². The van der Waals surface area contributed by atoms with E-state index in [1.807, 2.05) is 7.05 Å². The summed E-state index contributed by atoms with van der Waals surface area (Å²) in [6.45, 7) is 4.93. The van der Waals surface area contributed by atoms with Crippen LogP contribution in [0.3, 0.4) is 0 Å². The van der Waals surface area contributed by atoms with Crippen molar-refractivity contribution in [3.8, 4) is 0 Å². The number of amides is 1. The van der Waals surface area contributed by atoms with Crippen LogP contribution in [0.5, 0.6) is 0 Å². The Labute approximate surface area is 72.9 Å². The molecule has 0 aromatic carbocycles. The third kappa shape index (κ3) is 1.21. The van der Waals surface area contributed by atoms with Crippen molar-refractivity contribution >= 4 is 6.41 Å². The second-order valence-electron chi connectivity index (χ2n) is 3.79. The standard InChI is InChI=1S/C8H17N2O2/c1-7(2)10(3)5-4-8(12)9(10)6-11/h6-8,12H,4-5H2,1-3H3/q+1. The number of aliphatic hydroxyl groups excluding tert-OH is 1. The first-order valence-corrected chi connectivity index (χ1v) is 4.29. The number of rotatable bonds is 2. The van der Waals surface area contributed by atoms with Crippen molar-refractivity contribution in [1.82, 2.24) is 5.01 Å². The first-order chi connectivity index (χ1) is 5.52. The van der Waals surface area contributed by atoms with E-state index in [1.54, 1.807) is 0 Å². The van der Waals surface area contributed by atoms with Crippen molar-refractivity contribution in [1.29, 1.82) is 0 Å². The maximum absolute atomic E-state index is 10.7. The lowest BCUT2D eigenvalue weighted by Crippen LogP contribution is -2.58. The molecule has 0 radical (unpaired) electrons. The molecule has 1 amide bonds. The summed E-state index contributed by atoms with van der Waals surface area (Å²) in [4.78, 5) is 10.7. The van der Waals surface area contributed by atoms with Gasteiger partial charge >= 0.3 is 0 Å². The summed E-state index contributed by atoms with van der Waals surface area (Å²) >= 11 is 0. The topological polar surface area (TPSA) is 40.5 Å². The molecular weight excluding hydrogens is 156 g/mol. The molecule has 0 spiro atoms. The average Bonchev–Trinajstić information content (AvgIpc) is 2.29. The van der Waals surface area contributed by atoms with Crippen molar-refractivity contribution < 1.29 is 14.5 Å². The van der Waals surface area contributed by atoms with Crippen LogP contribution in [0.2, 0.25) is 0 Å². The minimum absolute atomic E-state index is 0.326. The highest BCUT2D eigenvalue weighted by atomic mass is 16.3. The van der Waals surface area contributed by atoms with Gasteiger partial charge in [-0.1, -0.05) is 0 Å². The van der Waals surface area contributed by atoms with Crippen molar-refractivity contribution in [3.63, 3.8) is 0 Å². The van der Waals surface area contributed by atoms with E-state index in [0.29, 0.717) is 17.1 Å². The molecule has 0 aromatic rings. The summed E-state index contributed by atoms with van der Waals surface area (Å²) in [6, 6.07) is 0.326. The van der Waals surface area contributed by atoms with Gasteiger partial charge in [-0.05, 0) is 13.8 Å². The van der Waals surface area contributed by atoms with Crippen LogP contribution in [-0.2, 0) is 4.79 Å². The zero-order valence-electron chi connectivity index (χ0n) is 7.90. The molecule has 12 heavy (non-hydrogen) atoms. The molecule has 0 saturated carbocycles. The minimum atomic E-state index is -0.602. The van der Waals surface area contributed by atoms with E-state index in [1.165, 1.54) is 5.01 Å². The molecule has 0 aromatic heterocycles. The van der Waals surface area contributed by atoms with Crippen LogP contribution in [-0.4, -0.2) is 47.0 Å². The highest BCUT2D eigenvalue weighted by Gasteiger charge is 2.43. The summed E-state index contributed by atoms with van der Waals surface area (Å²) in [5.74, 6) is 0. The maximum Gasteiger partial charge on any atom is 0.258 e. The Morgan fingerprint density at radius 1 is 1.67 bits per heavy atom. The molecule has 1 saturated heterocycles. The normalized spacial score (nSPS) is 36.1. The van der Waals surface area contributed by atoms with Gasteiger partial charge in [0.05, 0.1) is 7.05 Å². The second-order valence-corrected chi connectivity index (χ2v) is 3.79. The lowest BCUT2D eigenvalue weighted by atomic mass is 10.3. The Morgan fingerprint density at radius 2 is 2.25 bits per heavy atom. The third-order valence-electron chi connectivity index (χ3n) is 2.89. The zero-order chi connectivity index (χ0) is 9.35. The smallest absolute Gasteiger partial charge is 0.258 e. The van der Waals surface area contributed by atoms with Gasteiger partial charge in [0.1, 0.15) is 12.6 Å². The van der Waals surface area contributed by atoms with Crippen LogP contribution in [0.25, 0.3) is 0 Å². The number of quaternary nitrogens is 1. The Bertz CT molecular complexity index is 184. The van der Waals surface area contributed by atoms with Crippen LogP contribution in [0, 0.1) is 0 Å². The van der Waals surface area contributed by atoms with E-state index in [0.717, 1.165) is 13.0 Å². The Kier molecular flexibility index (Phi) is 2.39. The first kappa shape index (κ1) is 9.48. The highest BCUT2D eigenvalue weighted by Crippen LogP contribution is 2.25. The first-order valence-electron chi connectivity index (χ1n) is 4.29. The van der Waals surface area contributed by atoms with Gasteiger partial charge in [-0.15, -0.1) is 0 Å². The van der Waals surface area contributed by atoms with Crippen LogP contribution < -0.4 is 0 Å². The SMILES string of the molecule is CC(C)[N+]1(C)CCC(O)N1C=O. The van der Waals surface area contributed by atoms with E-state index >= 15 is 0 Å². The van der Waals surface area contributed by atoms with Gasteiger partial charge in [0.25, 0.3) is 6.41 Å². The van der Waals surface area contributed by atoms with E-state index in [9.17, 15) is 9.90 Å².